The first-order chi connectivity index (χ1) is 8.49. The van der Waals surface area contributed by atoms with Gasteiger partial charge in [0.1, 0.15) is 0 Å². The third kappa shape index (κ3) is 2.58. The maximum atomic E-state index is 10.7. The standard InChI is InChI=1S/C14H16BrNO2/c1-9(2)16-8-10(3-6-14(17)18)12-7-11(15)4-5-13(12)16/h4-5,7-9H,3,6H2,1-2H3,(H,17,18). The van der Waals surface area contributed by atoms with E-state index >= 15 is 0 Å². The van der Waals surface area contributed by atoms with Crippen LogP contribution >= 0.6 is 15.9 Å². The van der Waals surface area contributed by atoms with Gasteiger partial charge >= 0.3 is 5.97 Å². The van der Waals surface area contributed by atoms with Crippen molar-refractivity contribution in [1.82, 2.24) is 4.57 Å². The smallest absolute Gasteiger partial charge is 0.303 e. The molecule has 0 spiro atoms. The number of carboxylic acids is 1. The maximum Gasteiger partial charge on any atom is 0.303 e. The van der Waals surface area contributed by atoms with Gasteiger partial charge in [-0.3, -0.25) is 4.79 Å². The minimum atomic E-state index is -0.754. The van der Waals surface area contributed by atoms with Gasteiger partial charge in [-0.25, -0.2) is 0 Å². The van der Waals surface area contributed by atoms with Gasteiger partial charge in [-0.2, -0.15) is 0 Å². The highest BCUT2D eigenvalue weighted by molar-refractivity contribution is 9.10. The Morgan fingerprint density at radius 3 is 2.78 bits per heavy atom. The average molecular weight is 310 g/mol. The Kier molecular flexibility index (Phi) is 3.76. The van der Waals surface area contributed by atoms with Crippen LogP contribution in [0.4, 0.5) is 0 Å². The van der Waals surface area contributed by atoms with Crippen LogP contribution in [0, 0.1) is 0 Å². The molecular weight excluding hydrogens is 294 g/mol. The highest BCUT2D eigenvalue weighted by Gasteiger charge is 2.11. The maximum absolute atomic E-state index is 10.7. The molecule has 2 aromatic rings. The molecular formula is C14H16BrNO2. The van der Waals surface area contributed by atoms with Gasteiger partial charge in [-0.1, -0.05) is 15.9 Å². The monoisotopic (exact) mass is 309 g/mol. The summed E-state index contributed by atoms with van der Waals surface area (Å²) in [7, 11) is 0. The highest BCUT2D eigenvalue weighted by Crippen LogP contribution is 2.28. The van der Waals surface area contributed by atoms with Crippen molar-refractivity contribution in [3.8, 4) is 0 Å². The first-order valence-corrected chi connectivity index (χ1v) is 6.79. The number of hydrogen-bond donors (Lipinski definition) is 1. The normalized spacial score (nSPS) is 11.3. The predicted molar refractivity (Wildman–Crippen MR) is 76.0 cm³/mol. The number of fused-ring (bicyclic) bond motifs is 1. The van der Waals surface area contributed by atoms with Gasteiger partial charge < -0.3 is 9.67 Å². The van der Waals surface area contributed by atoms with E-state index < -0.39 is 5.97 Å². The molecule has 2 rings (SSSR count). The Bertz CT molecular complexity index is 587. The summed E-state index contributed by atoms with van der Waals surface area (Å²) in [5, 5.41) is 9.94. The molecule has 3 nitrogen and oxygen atoms in total. The summed E-state index contributed by atoms with van der Waals surface area (Å²) in [6, 6.07) is 6.52. The molecule has 1 N–H and O–H groups in total. The molecule has 0 bridgehead atoms. The minimum absolute atomic E-state index is 0.170. The summed E-state index contributed by atoms with van der Waals surface area (Å²) in [6.07, 6.45) is 2.82. The lowest BCUT2D eigenvalue weighted by Crippen LogP contribution is -1.98. The second-order valence-electron chi connectivity index (χ2n) is 4.71. The van der Waals surface area contributed by atoms with E-state index in [4.69, 9.17) is 5.11 Å². The van der Waals surface area contributed by atoms with Gasteiger partial charge in [-0.15, -0.1) is 0 Å². The lowest BCUT2D eigenvalue weighted by atomic mass is 10.1. The van der Waals surface area contributed by atoms with Crippen LogP contribution < -0.4 is 0 Å². The zero-order valence-corrected chi connectivity index (χ0v) is 12.1. The molecule has 0 saturated carbocycles. The summed E-state index contributed by atoms with van der Waals surface area (Å²) in [6.45, 7) is 4.25. The number of halogens is 1. The second-order valence-corrected chi connectivity index (χ2v) is 5.63. The fourth-order valence-electron chi connectivity index (χ4n) is 2.17. The highest BCUT2D eigenvalue weighted by atomic mass is 79.9. The summed E-state index contributed by atoms with van der Waals surface area (Å²) in [4.78, 5) is 10.7. The largest absolute Gasteiger partial charge is 0.481 e. The summed E-state index contributed by atoms with van der Waals surface area (Å²) < 4.78 is 3.21. The molecule has 0 atom stereocenters. The van der Waals surface area contributed by atoms with E-state index in [2.05, 4.69) is 52.7 Å². The lowest BCUT2D eigenvalue weighted by molar-refractivity contribution is -0.136. The van der Waals surface area contributed by atoms with Gasteiger partial charge in [0.2, 0.25) is 0 Å². The molecule has 1 aromatic carbocycles. The number of benzene rings is 1. The Labute approximate surface area is 115 Å². The molecule has 0 saturated heterocycles. The Balaban J connectivity index is 2.51. The SMILES string of the molecule is CC(C)n1cc(CCC(=O)O)c2cc(Br)ccc21. The Hall–Kier alpha value is -1.29. The van der Waals surface area contributed by atoms with Gasteiger partial charge in [0.05, 0.1) is 0 Å². The molecule has 0 amide bonds. The molecule has 0 aliphatic heterocycles. The topological polar surface area (TPSA) is 42.2 Å². The number of carbonyl (C=O) groups is 1. The van der Waals surface area contributed by atoms with E-state index in [1.165, 1.54) is 0 Å². The van der Waals surface area contributed by atoms with Crippen LogP contribution in [0.15, 0.2) is 28.9 Å². The molecule has 0 radical (unpaired) electrons. The number of aromatic nitrogens is 1. The summed E-state index contributed by atoms with van der Waals surface area (Å²) in [5.74, 6) is -0.754. The predicted octanol–water partition coefficient (Wildman–Crippen LogP) is 4.00. The number of aryl methyl sites for hydroxylation is 1. The van der Waals surface area contributed by atoms with Crippen molar-refractivity contribution in [3.05, 3.63) is 34.4 Å². The molecule has 1 heterocycles. The van der Waals surface area contributed by atoms with Crippen LogP contribution in [0.1, 0.15) is 31.9 Å². The lowest BCUT2D eigenvalue weighted by Gasteiger charge is -2.08. The zero-order chi connectivity index (χ0) is 13.3. The Morgan fingerprint density at radius 2 is 2.17 bits per heavy atom. The zero-order valence-electron chi connectivity index (χ0n) is 10.5. The molecule has 0 aliphatic rings. The minimum Gasteiger partial charge on any atom is -0.481 e. The van der Waals surface area contributed by atoms with Crippen LogP contribution in [0.25, 0.3) is 10.9 Å². The van der Waals surface area contributed by atoms with Crippen LogP contribution in [0.2, 0.25) is 0 Å². The van der Waals surface area contributed by atoms with Gasteiger partial charge in [0.25, 0.3) is 0 Å². The van der Waals surface area contributed by atoms with Crippen molar-refractivity contribution < 1.29 is 9.90 Å². The number of rotatable bonds is 4. The van der Waals surface area contributed by atoms with E-state index in [0.29, 0.717) is 12.5 Å². The van der Waals surface area contributed by atoms with Crippen molar-refractivity contribution in [2.24, 2.45) is 0 Å². The van der Waals surface area contributed by atoms with Gasteiger partial charge in [0.15, 0.2) is 0 Å². The molecule has 4 heteroatoms. The van der Waals surface area contributed by atoms with Crippen LogP contribution in [0.5, 0.6) is 0 Å². The third-order valence-corrected chi connectivity index (χ3v) is 3.54. The summed E-state index contributed by atoms with van der Waals surface area (Å²) in [5.41, 5.74) is 2.26. The van der Waals surface area contributed by atoms with Crippen molar-refractivity contribution in [1.29, 1.82) is 0 Å². The number of aliphatic carboxylic acids is 1. The number of hydrogen-bond acceptors (Lipinski definition) is 1. The van der Waals surface area contributed by atoms with Crippen LogP contribution in [-0.2, 0) is 11.2 Å². The molecule has 0 aliphatic carbocycles. The molecule has 0 unspecified atom stereocenters. The van der Waals surface area contributed by atoms with E-state index in [9.17, 15) is 4.79 Å². The molecule has 96 valence electrons. The van der Waals surface area contributed by atoms with Crippen LogP contribution in [-0.4, -0.2) is 15.6 Å². The van der Waals surface area contributed by atoms with Crippen LogP contribution in [0.3, 0.4) is 0 Å². The van der Waals surface area contributed by atoms with E-state index in [1.54, 1.807) is 0 Å². The summed E-state index contributed by atoms with van der Waals surface area (Å²) >= 11 is 3.47. The first kappa shape index (κ1) is 13.1. The molecule has 1 aromatic heterocycles. The average Bonchev–Trinajstić information content (AvgIpc) is 2.64. The van der Waals surface area contributed by atoms with Crippen molar-refractivity contribution in [2.75, 3.05) is 0 Å². The van der Waals surface area contributed by atoms with E-state index in [1.807, 2.05) is 6.07 Å². The van der Waals surface area contributed by atoms with Crippen molar-refractivity contribution in [3.63, 3.8) is 0 Å². The van der Waals surface area contributed by atoms with E-state index in [0.717, 1.165) is 20.9 Å². The molecule has 0 fully saturated rings. The fraction of sp³-hybridized carbons (Fsp3) is 0.357. The van der Waals surface area contributed by atoms with E-state index in [-0.39, 0.29) is 6.42 Å². The van der Waals surface area contributed by atoms with Gasteiger partial charge in [0, 0.05) is 34.0 Å². The number of carboxylic acid groups (broad SMARTS) is 1. The quantitative estimate of drug-likeness (QED) is 0.927. The third-order valence-electron chi connectivity index (χ3n) is 3.04. The fourth-order valence-corrected chi connectivity index (χ4v) is 2.53. The van der Waals surface area contributed by atoms with Crippen molar-refractivity contribution >= 4 is 32.8 Å². The van der Waals surface area contributed by atoms with Crippen molar-refractivity contribution in [2.45, 2.75) is 32.7 Å². The number of nitrogens with zero attached hydrogens (tertiary/aromatic N) is 1. The molecule has 18 heavy (non-hydrogen) atoms. The first-order valence-electron chi connectivity index (χ1n) is 6.00. The second kappa shape index (κ2) is 5.14. The van der Waals surface area contributed by atoms with Gasteiger partial charge in [-0.05, 0) is 44.0 Å². The Morgan fingerprint density at radius 1 is 1.44 bits per heavy atom.